The highest BCUT2D eigenvalue weighted by atomic mass is 19.0. The molecule has 2 bridgehead atoms. The van der Waals surface area contributed by atoms with Crippen molar-refractivity contribution in [3.63, 3.8) is 0 Å². The van der Waals surface area contributed by atoms with Gasteiger partial charge < -0.3 is 23.9 Å². The first-order valence-electron chi connectivity index (χ1n) is 6.66. The summed E-state index contributed by atoms with van der Waals surface area (Å²) in [5.74, 6) is 0. The Morgan fingerprint density at radius 1 is 0.647 bits per heavy atom. The van der Waals surface area contributed by atoms with Crippen LogP contribution in [0.2, 0.25) is 0 Å². The maximum atomic E-state index is 8.94. The second-order valence-corrected chi connectivity index (χ2v) is 5.63. The highest BCUT2D eigenvalue weighted by molar-refractivity contribution is 4.62. The van der Waals surface area contributed by atoms with Gasteiger partial charge in [0.25, 0.3) is 0 Å². The van der Waals surface area contributed by atoms with E-state index in [-0.39, 0.29) is 4.70 Å². The van der Waals surface area contributed by atoms with Gasteiger partial charge in [-0.3, -0.25) is 0 Å². The molecule has 3 heterocycles. The van der Waals surface area contributed by atoms with Gasteiger partial charge in [0.05, 0.1) is 13.1 Å². The van der Waals surface area contributed by atoms with Crippen molar-refractivity contribution >= 4 is 0 Å². The number of fused-ring (bicyclic) bond motifs is 3. The molecule has 3 fully saturated rings. The van der Waals surface area contributed by atoms with Crippen LogP contribution in [0.25, 0.3) is 0 Å². The molecule has 0 aromatic heterocycles. The Morgan fingerprint density at radius 3 is 1.18 bits per heavy atom. The average Bonchev–Trinajstić information content (AvgIpc) is 2.37. The van der Waals surface area contributed by atoms with Gasteiger partial charge in [0.15, 0.2) is 0 Å². The normalized spacial score (nSPS) is 35.6. The van der Waals surface area contributed by atoms with Crippen LogP contribution in [0.4, 0.5) is 0 Å². The van der Waals surface area contributed by atoms with Gasteiger partial charge in [0, 0.05) is 26.1 Å². The Kier molecular flexibility index (Phi) is 5.31. The maximum absolute atomic E-state index is 8.94. The number of aliphatic hydroxyl groups is 2. The van der Waals surface area contributed by atoms with Gasteiger partial charge in [-0.1, -0.05) is 0 Å². The molecular formula is C12H26FN2O2+. The summed E-state index contributed by atoms with van der Waals surface area (Å²) in [5, 5.41) is 17.9. The molecule has 0 radical (unpaired) electrons. The molecule has 3 aliphatic heterocycles. The molecule has 3 rings (SSSR count). The third kappa shape index (κ3) is 3.16. The monoisotopic (exact) mass is 249 g/mol. The molecule has 3 aliphatic rings. The average molecular weight is 249 g/mol. The zero-order valence-corrected chi connectivity index (χ0v) is 10.7. The maximum Gasteiger partial charge on any atom is 0.129 e. The molecule has 0 amide bonds. The number of halogens is 1. The molecule has 5 heteroatoms. The fraction of sp³-hybridized carbons (Fsp3) is 1.00. The second kappa shape index (κ2) is 6.09. The Hall–Kier alpha value is -0.230. The summed E-state index contributed by atoms with van der Waals surface area (Å²) in [6, 6.07) is 0. The first kappa shape index (κ1) is 14.8. The Morgan fingerprint density at radius 2 is 0.941 bits per heavy atom. The lowest BCUT2D eigenvalue weighted by Crippen LogP contribution is -3.00. The van der Waals surface area contributed by atoms with Crippen LogP contribution < -0.4 is 4.70 Å². The van der Waals surface area contributed by atoms with E-state index in [2.05, 4.69) is 0 Å². The summed E-state index contributed by atoms with van der Waals surface area (Å²) in [5.41, 5.74) is 0. The zero-order valence-electron chi connectivity index (χ0n) is 10.7. The molecule has 0 atom stereocenters. The largest absolute Gasteiger partial charge is 1.00 e. The SMILES string of the molecule is OCCC[N+]12CC[N+](CCCO)(CC1)CC2.[F-]. The molecule has 2 N–H and O–H groups in total. The van der Waals surface area contributed by atoms with E-state index in [4.69, 9.17) is 10.2 Å². The van der Waals surface area contributed by atoms with Gasteiger partial charge in [-0.2, -0.15) is 0 Å². The number of hydrogen-bond acceptors (Lipinski definition) is 2. The minimum absolute atomic E-state index is 0. The highest BCUT2D eigenvalue weighted by Gasteiger charge is 2.47. The number of rotatable bonds is 6. The van der Waals surface area contributed by atoms with Crippen molar-refractivity contribution in [2.45, 2.75) is 12.8 Å². The minimum atomic E-state index is 0. The Bertz CT molecular complexity index is 190. The standard InChI is InChI=1S/C12H26N2O2.FH/c15-11-1-3-13-5-8-14(9-6-13,10-7-13)4-2-12-16;/h15-16H,1-12H2;1H/q+2;/p-1. The molecule has 4 nitrogen and oxygen atoms in total. The quantitative estimate of drug-likeness (QED) is 0.478. The molecule has 0 aliphatic carbocycles. The third-order valence-corrected chi connectivity index (χ3v) is 4.73. The number of hydrogen-bond donors (Lipinski definition) is 2. The highest BCUT2D eigenvalue weighted by Crippen LogP contribution is 2.27. The summed E-state index contributed by atoms with van der Waals surface area (Å²) >= 11 is 0. The van der Waals surface area contributed by atoms with E-state index < -0.39 is 0 Å². The lowest BCUT2D eigenvalue weighted by atomic mass is 10.1. The minimum Gasteiger partial charge on any atom is -1.00 e. The first-order valence-corrected chi connectivity index (χ1v) is 6.66. The van der Waals surface area contributed by atoms with E-state index in [1.54, 1.807) is 0 Å². The van der Waals surface area contributed by atoms with E-state index in [9.17, 15) is 0 Å². The van der Waals surface area contributed by atoms with Crippen LogP contribution in [0, 0.1) is 0 Å². The lowest BCUT2D eigenvalue weighted by Gasteiger charge is -2.55. The van der Waals surface area contributed by atoms with Crippen LogP contribution in [0.1, 0.15) is 12.8 Å². The summed E-state index contributed by atoms with van der Waals surface area (Å²) in [4.78, 5) is 0. The predicted molar refractivity (Wildman–Crippen MR) is 62.9 cm³/mol. The van der Waals surface area contributed by atoms with Crippen molar-refractivity contribution in [2.24, 2.45) is 0 Å². The van der Waals surface area contributed by atoms with Gasteiger partial charge in [-0.15, -0.1) is 0 Å². The topological polar surface area (TPSA) is 40.5 Å². The summed E-state index contributed by atoms with van der Waals surface area (Å²) in [6.07, 6.45) is 1.91. The summed E-state index contributed by atoms with van der Waals surface area (Å²) in [7, 11) is 0. The van der Waals surface area contributed by atoms with Crippen molar-refractivity contribution < 1.29 is 23.9 Å². The smallest absolute Gasteiger partial charge is 0.129 e. The lowest BCUT2D eigenvalue weighted by molar-refractivity contribution is -1.08. The fourth-order valence-corrected chi connectivity index (χ4v) is 3.43. The van der Waals surface area contributed by atoms with E-state index in [0.29, 0.717) is 13.2 Å². The molecule has 0 aromatic rings. The molecule has 0 aromatic carbocycles. The molecule has 0 spiro atoms. The predicted octanol–water partition coefficient (Wildman–Crippen LogP) is -3.58. The van der Waals surface area contributed by atoms with Crippen molar-refractivity contribution in [1.29, 1.82) is 0 Å². The molecule has 102 valence electrons. The summed E-state index contributed by atoms with van der Waals surface area (Å²) < 4.78 is 2.50. The van der Waals surface area contributed by atoms with Crippen molar-refractivity contribution in [1.82, 2.24) is 0 Å². The summed E-state index contributed by atoms with van der Waals surface area (Å²) in [6.45, 7) is 10.7. The zero-order chi connectivity index (χ0) is 11.5. The molecular weight excluding hydrogens is 223 g/mol. The molecule has 3 saturated heterocycles. The van der Waals surface area contributed by atoms with Crippen LogP contribution in [0.5, 0.6) is 0 Å². The van der Waals surface area contributed by atoms with Crippen molar-refractivity contribution in [3.05, 3.63) is 0 Å². The number of quaternary nitrogens is 2. The van der Waals surface area contributed by atoms with Crippen LogP contribution in [0.15, 0.2) is 0 Å². The van der Waals surface area contributed by atoms with Crippen LogP contribution in [0.3, 0.4) is 0 Å². The van der Waals surface area contributed by atoms with Gasteiger partial charge in [-0.05, 0) is 0 Å². The number of aliphatic hydroxyl groups excluding tert-OH is 2. The van der Waals surface area contributed by atoms with E-state index in [1.807, 2.05) is 0 Å². The van der Waals surface area contributed by atoms with Crippen LogP contribution in [-0.4, -0.2) is 84.8 Å². The van der Waals surface area contributed by atoms with Gasteiger partial charge in [0.2, 0.25) is 0 Å². The molecule has 0 unspecified atom stereocenters. The Labute approximate surface area is 103 Å². The van der Waals surface area contributed by atoms with E-state index in [0.717, 1.165) is 25.9 Å². The van der Waals surface area contributed by atoms with Gasteiger partial charge >= 0.3 is 0 Å². The van der Waals surface area contributed by atoms with E-state index in [1.165, 1.54) is 48.2 Å². The van der Waals surface area contributed by atoms with Crippen molar-refractivity contribution in [3.8, 4) is 0 Å². The van der Waals surface area contributed by atoms with Gasteiger partial charge in [-0.25, -0.2) is 0 Å². The van der Waals surface area contributed by atoms with Crippen LogP contribution >= 0.6 is 0 Å². The number of piperazine rings is 3. The first-order chi connectivity index (χ1) is 7.74. The number of nitrogens with zero attached hydrogens (tertiary/aromatic N) is 2. The Balaban J connectivity index is 0.00000144. The fourth-order valence-electron chi connectivity index (χ4n) is 3.43. The van der Waals surface area contributed by atoms with E-state index >= 15 is 0 Å². The van der Waals surface area contributed by atoms with Crippen molar-refractivity contribution in [2.75, 3.05) is 65.6 Å². The second-order valence-electron chi connectivity index (χ2n) is 5.63. The van der Waals surface area contributed by atoms with Gasteiger partial charge in [0.1, 0.15) is 39.3 Å². The molecule has 0 saturated carbocycles. The van der Waals surface area contributed by atoms with Crippen LogP contribution in [-0.2, 0) is 0 Å². The third-order valence-electron chi connectivity index (χ3n) is 4.73. The molecule has 17 heavy (non-hydrogen) atoms.